The predicted molar refractivity (Wildman–Crippen MR) is 119 cm³/mol. The Bertz CT molecular complexity index is 827. The quantitative estimate of drug-likeness (QED) is 0.425. The first-order valence-electron chi connectivity index (χ1n) is 9.70. The summed E-state index contributed by atoms with van der Waals surface area (Å²) in [6.07, 6.45) is 4.65. The van der Waals surface area contributed by atoms with Gasteiger partial charge in [-0.3, -0.25) is 0 Å². The van der Waals surface area contributed by atoms with Gasteiger partial charge in [-0.15, -0.1) is 6.58 Å². The Morgan fingerprint density at radius 1 is 1.26 bits per heavy atom. The van der Waals surface area contributed by atoms with E-state index in [4.69, 9.17) is 4.43 Å². The maximum atomic E-state index is 10.6. The molecule has 148 valence electrons. The molecular formula is C23H35NO2Si. The zero-order chi connectivity index (χ0) is 20.4. The van der Waals surface area contributed by atoms with Gasteiger partial charge in [0.2, 0.25) is 0 Å². The normalized spacial score (nSPS) is 13.7. The van der Waals surface area contributed by atoms with Crippen LogP contribution in [0.15, 0.2) is 37.4 Å². The molecule has 1 atom stereocenters. The maximum Gasteiger partial charge on any atom is 0.192 e. The van der Waals surface area contributed by atoms with Gasteiger partial charge in [0.1, 0.15) is 0 Å². The molecule has 0 fully saturated rings. The number of allylic oxidation sites excluding steroid dienone is 1. The van der Waals surface area contributed by atoms with Gasteiger partial charge in [-0.2, -0.15) is 0 Å². The lowest BCUT2D eigenvalue weighted by molar-refractivity contribution is 0.168. The summed E-state index contributed by atoms with van der Waals surface area (Å²) >= 11 is 0. The van der Waals surface area contributed by atoms with E-state index in [-0.39, 0.29) is 5.04 Å². The van der Waals surface area contributed by atoms with E-state index in [1.165, 1.54) is 0 Å². The lowest BCUT2D eigenvalue weighted by Crippen LogP contribution is -2.40. The second-order valence-electron chi connectivity index (χ2n) is 8.83. The Kier molecular flexibility index (Phi) is 6.56. The monoisotopic (exact) mass is 385 g/mol. The van der Waals surface area contributed by atoms with E-state index in [1.807, 2.05) is 18.2 Å². The van der Waals surface area contributed by atoms with Gasteiger partial charge in [-0.25, -0.2) is 0 Å². The minimum Gasteiger partial charge on any atom is -0.411 e. The smallest absolute Gasteiger partial charge is 0.192 e. The summed E-state index contributed by atoms with van der Waals surface area (Å²) in [5.41, 5.74) is 4.23. The Labute approximate surface area is 165 Å². The van der Waals surface area contributed by atoms with Crippen LogP contribution in [0.5, 0.6) is 0 Å². The Morgan fingerprint density at radius 3 is 2.48 bits per heavy atom. The van der Waals surface area contributed by atoms with Crippen LogP contribution in [0.25, 0.3) is 17.0 Å². The summed E-state index contributed by atoms with van der Waals surface area (Å²) in [6.45, 7) is 19.7. The molecule has 0 amide bonds. The molecule has 0 aliphatic rings. The van der Waals surface area contributed by atoms with Crippen LogP contribution in [0.3, 0.4) is 0 Å². The third kappa shape index (κ3) is 4.45. The molecule has 27 heavy (non-hydrogen) atoms. The van der Waals surface area contributed by atoms with E-state index in [0.717, 1.165) is 34.1 Å². The lowest BCUT2D eigenvalue weighted by Gasteiger charge is -2.36. The van der Waals surface area contributed by atoms with E-state index in [1.54, 1.807) is 0 Å². The number of rotatable bonds is 8. The predicted octanol–water partition coefficient (Wildman–Crippen LogP) is 6.34. The van der Waals surface area contributed by atoms with Crippen molar-refractivity contribution in [3.63, 3.8) is 0 Å². The second kappa shape index (κ2) is 8.17. The number of aliphatic hydroxyl groups excluding tert-OH is 1. The summed E-state index contributed by atoms with van der Waals surface area (Å²) < 4.78 is 8.62. The topological polar surface area (TPSA) is 34.4 Å². The fourth-order valence-electron chi connectivity index (χ4n) is 3.06. The van der Waals surface area contributed by atoms with Crippen molar-refractivity contribution in [3.8, 4) is 0 Å². The van der Waals surface area contributed by atoms with Crippen LogP contribution in [0, 0.1) is 0 Å². The molecule has 1 aromatic carbocycles. The summed E-state index contributed by atoms with van der Waals surface area (Å²) in [5.74, 6) is 0. The van der Waals surface area contributed by atoms with Gasteiger partial charge in [0.15, 0.2) is 8.32 Å². The molecule has 1 unspecified atom stereocenters. The average molecular weight is 386 g/mol. The number of nitrogens with zero attached hydrogens (tertiary/aromatic N) is 1. The number of benzene rings is 1. The van der Waals surface area contributed by atoms with Gasteiger partial charge in [-0.05, 0) is 54.2 Å². The van der Waals surface area contributed by atoms with E-state index in [2.05, 4.69) is 70.8 Å². The van der Waals surface area contributed by atoms with Gasteiger partial charge in [0.05, 0.1) is 12.7 Å². The number of aromatic nitrogens is 1. The summed E-state index contributed by atoms with van der Waals surface area (Å²) in [5, 5.41) is 11.9. The molecule has 0 saturated carbocycles. The lowest BCUT2D eigenvalue weighted by atomic mass is 9.96. The number of hydrogen-bond donors (Lipinski definition) is 1. The zero-order valence-electron chi connectivity index (χ0n) is 17.8. The van der Waals surface area contributed by atoms with Gasteiger partial charge in [0.25, 0.3) is 0 Å². The molecule has 1 N–H and O–H groups in total. The third-order valence-corrected chi connectivity index (χ3v) is 10.5. The first-order chi connectivity index (χ1) is 12.5. The fourth-order valence-corrected chi connectivity index (χ4v) is 4.00. The van der Waals surface area contributed by atoms with Crippen LogP contribution in [0.1, 0.15) is 56.5 Å². The molecular weight excluding hydrogens is 350 g/mol. The molecule has 0 radical (unpaired) electrons. The van der Waals surface area contributed by atoms with E-state index in [9.17, 15) is 5.11 Å². The maximum absolute atomic E-state index is 10.6. The number of fused-ring (bicyclic) bond motifs is 1. The first kappa shape index (κ1) is 21.7. The number of aliphatic hydroxyl groups is 1. The van der Waals surface area contributed by atoms with Crippen LogP contribution >= 0.6 is 0 Å². The molecule has 0 spiro atoms. The molecule has 3 nitrogen and oxygen atoms in total. The first-order valence-corrected chi connectivity index (χ1v) is 12.6. The third-order valence-electron chi connectivity index (χ3n) is 6.00. The van der Waals surface area contributed by atoms with Crippen molar-refractivity contribution in [1.82, 2.24) is 4.57 Å². The molecule has 0 saturated heterocycles. The average Bonchev–Trinajstić information content (AvgIpc) is 2.92. The van der Waals surface area contributed by atoms with Crippen LogP contribution in [-0.2, 0) is 18.1 Å². The minimum absolute atomic E-state index is 0.187. The molecule has 4 heteroatoms. The molecule has 0 bridgehead atoms. The highest BCUT2D eigenvalue weighted by atomic mass is 28.4. The van der Waals surface area contributed by atoms with Crippen LogP contribution < -0.4 is 0 Å². The van der Waals surface area contributed by atoms with Crippen LogP contribution in [-0.4, -0.2) is 18.0 Å². The van der Waals surface area contributed by atoms with E-state index in [0.29, 0.717) is 13.0 Å². The SMILES string of the molecule is C=CCCC(O)c1ccc2c(cc(CO[Si](C)(C)C(C)(C)C)n2C)c1C=C. The van der Waals surface area contributed by atoms with E-state index < -0.39 is 14.4 Å². The van der Waals surface area contributed by atoms with Crippen LogP contribution in [0.4, 0.5) is 0 Å². The van der Waals surface area contributed by atoms with Crippen molar-refractivity contribution in [3.05, 3.63) is 54.3 Å². The van der Waals surface area contributed by atoms with Crippen molar-refractivity contribution in [1.29, 1.82) is 0 Å². The fraction of sp³-hybridized carbons (Fsp3) is 0.478. The molecule has 0 aliphatic heterocycles. The molecule has 2 rings (SSSR count). The van der Waals surface area contributed by atoms with Crippen molar-refractivity contribution >= 4 is 25.3 Å². The highest BCUT2D eigenvalue weighted by Crippen LogP contribution is 2.38. The minimum atomic E-state index is -1.81. The number of aryl methyl sites for hydroxylation is 1. The highest BCUT2D eigenvalue weighted by Gasteiger charge is 2.37. The molecule has 0 aliphatic carbocycles. The van der Waals surface area contributed by atoms with Crippen molar-refractivity contribution in [2.45, 2.75) is 64.5 Å². The van der Waals surface area contributed by atoms with Crippen molar-refractivity contribution in [2.24, 2.45) is 7.05 Å². The van der Waals surface area contributed by atoms with Crippen molar-refractivity contribution < 1.29 is 9.53 Å². The largest absolute Gasteiger partial charge is 0.411 e. The standard InChI is InChI=1S/C23H35NO2Si/c1-9-11-12-22(25)19-13-14-21-20(18(19)10-2)15-17(24(21)6)16-26-27(7,8)23(3,4)5/h9-10,13-15,22,25H,1-2,11-12,16H2,3-8H3. The molecule has 1 heterocycles. The Hall–Kier alpha value is -1.62. The van der Waals surface area contributed by atoms with E-state index >= 15 is 0 Å². The van der Waals surface area contributed by atoms with Crippen LogP contribution in [0.2, 0.25) is 18.1 Å². The molecule has 1 aromatic heterocycles. The Morgan fingerprint density at radius 2 is 1.93 bits per heavy atom. The highest BCUT2D eigenvalue weighted by molar-refractivity contribution is 6.74. The van der Waals surface area contributed by atoms with Gasteiger partial charge in [0, 0.05) is 23.6 Å². The van der Waals surface area contributed by atoms with Gasteiger partial charge in [-0.1, -0.05) is 45.6 Å². The zero-order valence-corrected chi connectivity index (χ0v) is 18.8. The molecule has 2 aromatic rings. The van der Waals surface area contributed by atoms with Gasteiger partial charge >= 0.3 is 0 Å². The number of hydrogen-bond acceptors (Lipinski definition) is 2. The Balaban J connectivity index is 2.40. The van der Waals surface area contributed by atoms with Crippen molar-refractivity contribution in [2.75, 3.05) is 0 Å². The summed E-state index contributed by atoms with van der Waals surface area (Å²) in [7, 11) is 0.269. The summed E-state index contributed by atoms with van der Waals surface area (Å²) in [6, 6.07) is 6.29. The summed E-state index contributed by atoms with van der Waals surface area (Å²) in [4.78, 5) is 0. The second-order valence-corrected chi connectivity index (χ2v) is 13.6. The van der Waals surface area contributed by atoms with Gasteiger partial charge < -0.3 is 14.1 Å².